The van der Waals surface area contributed by atoms with Crippen molar-refractivity contribution in [1.29, 1.82) is 0 Å². The van der Waals surface area contributed by atoms with E-state index in [0.717, 1.165) is 6.07 Å². The van der Waals surface area contributed by atoms with Gasteiger partial charge < -0.3 is 0 Å². The van der Waals surface area contributed by atoms with Crippen LogP contribution in [-0.4, -0.2) is 15.6 Å². The van der Waals surface area contributed by atoms with Gasteiger partial charge in [0.15, 0.2) is 0 Å². The van der Waals surface area contributed by atoms with Crippen LogP contribution in [0.4, 0.5) is 11.4 Å². The molecule has 1 atom stereocenters. The van der Waals surface area contributed by atoms with Crippen LogP contribution in [0.15, 0.2) is 18.2 Å². The minimum absolute atomic E-state index is 0.0438. The summed E-state index contributed by atoms with van der Waals surface area (Å²) < 4.78 is 0. The molecule has 0 heterocycles. The van der Waals surface area contributed by atoms with E-state index < -0.39 is 9.85 Å². The maximum atomic E-state index is 11.6. The number of carbonyl (C=O) groups excluding carboxylic acids is 1. The summed E-state index contributed by atoms with van der Waals surface area (Å²) in [6, 6.07) is 3.52. The Balaban J connectivity index is 3.20. The van der Waals surface area contributed by atoms with Crippen molar-refractivity contribution < 1.29 is 14.6 Å². The molecule has 7 nitrogen and oxygen atoms in total. The number of rotatable bonds is 6. The van der Waals surface area contributed by atoms with Gasteiger partial charge in [0.1, 0.15) is 5.78 Å². The number of carbonyl (C=O) groups is 1. The lowest BCUT2D eigenvalue weighted by Gasteiger charge is -2.17. The minimum Gasteiger partial charge on any atom is -0.300 e. The van der Waals surface area contributed by atoms with E-state index in [0.29, 0.717) is 5.56 Å². The first-order valence-electron chi connectivity index (χ1n) is 6.16. The van der Waals surface area contributed by atoms with Gasteiger partial charge in [-0.25, -0.2) is 0 Å². The quantitative estimate of drug-likeness (QED) is 0.588. The molecule has 0 fully saturated rings. The number of nitrogens with zero attached hydrogens (tertiary/aromatic N) is 2. The van der Waals surface area contributed by atoms with Gasteiger partial charge in [-0.15, -0.1) is 0 Å². The Morgan fingerprint density at radius 1 is 1.20 bits per heavy atom. The summed E-state index contributed by atoms with van der Waals surface area (Å²) in [6.07, 6.45) is 0.210. The zero-order valence-corrected chi connectivity index (χ0v) is 11.5. The fourth-order valence-corrected chi connectivity index (χ4v) is 2.09. The van der Waals surface area contributed by atoms with E-state index in [1.165, 1.54) is 19.1 Å². The Morgan fingerprint density at radius 3 is 2.20 bits per heavy atom. The van der Waals surface area contributed by atoms with E-state index in [9.17, 15) is 25.0 Å². The first-order chi connectivity index (χ1) is 9.23. The predicted octanol–water partition coefficient (Wildman–Crippen LogP) is 2.91. The molecular formula is C13H16N2O5. The second-order valence-corrected chi connectivity index (χ2v) is 4.99. The van der Waals surface area contributed by atoms with Crippen molar-refractivity contribution in [3.8, 4) is 0 Å². The fourth-order valence-electron chi connectivity index (χ4n) is 2.09. The van der Waals surface area contributed by atoms with E-state index in [2.05, 4.69) is 0 Å². The van der Waals surface area contributed by atoms with Crippen LogP contribution < -0.4 is 0 Å². The van der Waals surface area contributed by atoms with E-state index in [1.54, 1.807) is 0 Å². The summed E-state index contributed by atoms with van der Waals surface area (Å²) in [5.74, 6) is -0.342. The highest BCUT2D eigenvalue weighted by molar-refractivity contribution is 5.79. The van der Waals surface area contributed by atoms with Crippen molar-refractivity contribution in [3.63, 3.8) is 0 Å². The second kappa shape index (κ2) is 6.23. The molecule has 0 N–H and O–H groups in total. The van der Waals surface area contributed by atoms with E-state index in [1.807, 2.05) is 13.8 Å². The van der Waals surface area contributed by atoms with Crippen LogP contribution in [0.3, 0.4) is 0 Å². The molecule has 0 radical (unpaired) electrons. The molecule has 1 aromatic rings. The number of nitro benzene ring substituents is 2. The molecule has 1 unspecified atom stereocenters. The highest BCUT2D eigenvalue weighted by atomic mass is 16.6. The second-order valence-electron chi connectivity index (χ2n) is 4.99. The third-order valence-corrected chi connectivity index (χ3v) is 3.24. The van der Waals surface area contributed by atoms with Crippen LogP contribution in [0, 0.1) is 32.1 Å². The van der Waals surface area contributed by atoms with Crippen molar-refractivity contribution in [3.05, 3.63) is 44.0 Å². The van der Waals surface area contributed by atoms with Crippen molar-refractivity contribution >= 4 is 17.2 Å². The lowest BCUT2D eigenvalue weighted by molar-refractivity contribution is -0.394. The van der Waals surface area contributed by atoms with Gasteiger partial charge >= 0.3 is 0 Å². The summed E-state index contributed by atoms with van der Waals surface area (Å²) in [6.45, 7) is 5.18. The van der Waals surface area contributed by atoms with Crippen molar-refractivity contribution in [2.24, 2.45) is 11.8 Å². The molecule has 0 saturated heterocycles. The van der Waals surface area contributed by atoms with E-state index in [-0.39, 0.29) is 35.4 Å². The van der Waals surface area contributed by atoms with Crippen LogP contribution in [0.1, 0.15) is 26.3 Å². The maximum absolute atomic E-state index is 11.6. The summed E-state index contributed by atoms with van der Waals surface area (Å²) in [5.41, 5.74) is -0.301. The Hall–Kier alpha value is -2.31. The summed E-state index contributed by atoms with van der Waals surface area (Å²) in [7, 11) is 0. The molecule has 20 heavy (non-hydrogen) atoms. The average Bonchev–Trinajstić information content (AvgIpc) is 2.34. The first kappa shape index (κ1) is 15.7. The van der Waals surface area contributed by atoms with Crippen LogP contribution in [0.2, 0.25) is 0 Å². The summed E-state index contributed by atoms with van der Waals surface area (Å²) in [4.78, 5) is 31.9. The molecule has 0 bridgehead atoms. The summed E-state index contributed by atoms with van der Waals surface area (Å²) in [5, 5.41) is 21.7. The molecule has 0 saturated carbocycles. The molecule has 1 aromatic carbocycles. The normalized spacial score (nSPS) is 12.2. The number of nitro groups is 2. The topological polar surface area (TPSA) is 103 Å². The van der Waals surface area contributed by atoms with Gasteiger partial charge in [0.05, 0.1) is 15.9 Å². The zero-order chi connectivity index (χ0) is 15.4. The highest BCUT2D eigenvalue weighted by Crippen LogP contribution is 2.28. The SMILES string of the molecule is CC(=O)C(Cc1ccc([N+](=O)[O-])cc1[N+](=O)[O-])C(C)C. The minimum atomic E-state index is -0.679. The Morgan fingerprint density at radius 2 is 1.80 bits per heavy atom. The Kier molecular flexibility index (Phi) is 4.90. The lowest BCUT2D eigenvalue weighted by Crippen LogP contribution is -2.20. The van der Waals surface area contributed by atoms with Crippen LogP contribution in [0.25, 0.3) is 0 Å². The molecule has 0 aliphatic rings. The van der Waals surface area contributed by atoms with Gasteiger partial charge in [0, 0.05) is 17.5 Å². The molecule has 0 amide bonds. The molecule has 0 aliphatic heterocycles. The Labute approximate surface area is 115 Å². The van der Waals surface area contributed by atoms with Crippen molar-refractivity contribution in [1.82, 2.24) is 0 Å². The smallest absolute Gasteiger partial charge is 0.279 e. The van der Waals surface area contributed by atoms with Crippen molar-refractivity contribution in [2.75, 3.05) is 0 Å². The molecule has 0 aliphatic carbocycles. The molecule has 108 valence electrons. The lowest BCUT2D eigenvalue weighted by atomic mass is 9.86. The predicted molar refractivity (Wildman–Crippen MR) is 72.5 cm³/mol. The van der Waals surface area contributed by atoms with Gasteiger partial charge in [-0.2, -0.15) is 0 Å². The molecule has 7 heteroatoms. The highest BCUT2D eigenvalue weighted by Gasteiger charge is 2.25. The molecule has 1 rings (SSSR count). The van der Waals surface area contributed by atoms with Gasteiger partial charge in [0.25, 0.3) is 11.4 Å². The third kappa shape index (κ3) is 3.59. The number of benzene rings is 1. The standard InChI is InChI=1S/C13H16N2O5/c1-8(2)12(9(3)16)6-10-4-5-11(14(17)18)7-13(10)15(19)20/h4-5,7-8,12H,6H2,1-3H3. The van der Waals surface area contributed by atoms with Gasteiger partial charge in [-0.05, 0) is 25.3 Å². The number of ketones is 1. The number of non-ortho nitro benzene ring substituents is 1. The number of hydrogen-bond donors (Lipinski definition) is 0. The van der Waals surface area contributed by atoms with Crippen LogP contribution in [-0.2, 0) is 11.2 Å². The average molecular weight is 280 g/mol. The third-order valence-electron chi connectivity index (χ3n) is 3.24. The fraction of sp³-hybridized carbons (Fsp3) is 0.462. The largest absolute Gasteiger partial charge is 0.300 e. The van der Waals surface area contributed by atoms with Gasteiger partial charge in [-0.3, -0.25) is 25.0 Å². The van der Waals surface area contributed by atoms with Gasteiger partial charge in [-0.1, -0.05) is 13.8 Å². The maximum Gasteiger partial charge on any atom is 0.279 e. The molecular weight excluding hydrogens is 264 g/mol. The number of Topliss-reactive ketones (excluding diaryl/α,β-unsaturated/α-hetero) is 1. The van der Waals surface area contributed by atoms with E-state index in [4.69, 9.17) is 0 Å². The van der Waals surface area contributed by atoms with Crippen LogP contribution >= 0.6 is 0 Å². The Bertz CT molecular complexity index is 554. The molecule has 0 spiro atoms. The molecule has 0 aromatic heterocycles. The van der Waals surface area contributed by atoms with Gasteiger partial charge in [0.2, 0.25) is 0 Å². The zero-order valence-electron chi connectivity index (χ0n) is 11.5. The number of hydrogen-bond acceptors (Lipinski definition) is 5. The first-order valence-corrected chi connectivity index (χ1v) is 6.16. The monoisotopic (exact) mass is 280 g/mol. The van der Waals surface area contributed by atoms with E-state index >= 15 is 0 Å². The van der Waals surface area contributed by atoms with Crippen LogP contribution in [0.5, 0.6) is 0 Å². The van der Waals surface area contributed by atoms with Crippen molar-refractivity contribution in [2.45, 2.75) is 27.2 Å². The summed E-state index contributed by atoms with van der Waals surface area (Å²) >= 11 is 0.